The number of hydrogen-bond acceptors (Lipinski definition) is 4. The van der Waals surface area contributed by atoms with Crippen molar-refractivity contribution in [2.24, 2.45) is 0 Å². The van der Waals surface area contributed by atoms with Gasteiger partial charge in [0, 0.05) is 26.2 Å². The maximum atomic E-state index is 13.2. The van der Waals surface area contributed by atoms with Crippen molar-refractivity contribution in [1.82, 2.24) is 14.5 Å². The van der Waals surface area contributed by atoms with Crippen molar-refractivity contribution >= 4 is 10.9 Å². The first-order chi connectivity index (χ1) is 9.74. The van der Waals surface area contributed by atoms with Gasteiger partial charge in [0.15, 0.2) is 0 Å². The van der Waals surface area contributed by atoms with Crippen LogP contribution < -0.4 is 5.56 Å². The standard InChI is InChI=1S/C14H16FN3O2/c15-11-1-2-13-12(9-11)14(19)18(10-16-13)4-3-17-5-7-20-8-6-17/h1-2,9-10H,3-8H2. The van der Waals surface area contributed by atoms with Gasteiger partial charge in [0.05, 0.1) is 30.4 Å². The zero-order valence-electron chi connectivity index (χ0n) is 11.1. The number of benzene rings is 1. The lowest BCUT2D eigenvalue weighted by Gasteiger charge is -2.26. The molecule has 1 fully saturated rings. The molecule has 106 valence electrons. The lowest BCUT2D eigenvalue weighted by Crippen LogP contribution is -2.39. The molecule has 1 saturated heterocycles. The molecule has 20 heavy (non-hydrogen) atoms. The Morgan fingerprint density at radius 2 is 2.05 bits per heavy atom. The van der Waals surface area contributed by atoms with Gasteiger partial charge in [-0.05, 0) is 18.2 Å². The fourth-order valence-electron chi connectivity index (χ4n) is 2.36. The predicted molar refractivity (Wildman–Crippen MR) is 73.2 cm³/mol. The maximum absolute atomic E-state index is 13.2. The second-order valence-corrected chi connectivity index (χ2v) is 4.86. The van der Waals surface area contributed by atoms with Crippen molar-refractivity contribution in [2.75, 3.05) is 32.8 Å². The van der Waals surface area contributed by atoms with Gasteiger partial charge < -0.3 is 4.74 Å². The van der Waals surface area contributed by atoms with E-state index in [9.17, 15) is 9.18 Å². The Bertz CT molecular complexity index is 665. The highest BCUT2D eigenvalue weighted by Gasteiger charge is 2.11. The van der Waals surface area contributed by atoms with E-state index in [0.717, 1.165) is 32.8 Å². The summed E-state index contributed by atoms with van der Waals surface area (Å²) in [5.74, 6) is -0.415. The van der Waals surface area contributed by atoms with E-state index in [1.165, 1.54) is 29.1 Å². The summed E-state index contributed by atoms with van der Waals surface area (Å²) >= 11 is 0. The third-order valence-electron chi connectivity index (χ3n) is 3.55. The molecule has 3 rings (SSSR count). The average molecular weight is 277 g/mol. The molecule has 1 aliphatic rings. The number of fused-ring (bicyclic) bond motifs is 1. The second kappa shape index (κ2) is 5.68. The Labute approximate surface area is 115 Å². The van der Waals surface area contributed by atoms with Crippen LogP contribution in [0, 0.1) is 5.82 Å². The molecule has 0 aliphatic carbocycles. The Morgan fingerprint density at radius 1 is 1.25 bits per heavy atom. The molecule has 0 amide bonds. The highest BCUT2D eigenvalue weighted by atomic mass is 19.1. The van der Waals surface area contributed by atoms with E-state index in [2.05, 4.69) is 9.88 Å². The molecule has 0 N–H and O–H groups in total. The highest BCUT2D eigenvalue weighted by molar-refractivity contribution is 5.77. The van der Waals surface area contributed by atoms with Gasteiger partial charge in [-0.2, -0.15) is 0 Å². The molecule has 0 bridgehead atoms. The topological polar surface area (TPSA) is 47.4 Å². The minimum absolute atomic E-state index is 0.192. The molecule has 1 aliphatic heterocycles. The number of halogens is 1. The molecule has 0 radical (unpaired) electrons. The summed E-state index contributed by atoms with van der Waals surface area (Å²) in [5, 5.41) is 0.328. The van der Waals surface area contributed by atoms with Gasteiger partial charge in [0.1, 0.15) is 5.82 Å². The number of ether oxygens (including phenoxy) is 1. The Kier molecular flexibility index (Phi) is 3.75. The Balaban J connectivity index is 1.81. The number of aromatic nitrogens is 2. The van der Waals surface area contributed by atoms with Crippen LogP contribution in [0.25, 0.3) is 10.9 Å². The molecule has 0 atom stereocenters. The minimum atomic E-state index is -0.415. The Hall–Kier alpha value is -1.79. The largest absolute Gasteiger partial charge is 0.379 e. The summed E-state index contributed by atoms with van der Waals surface area (Å²) in [5.41, 5.74) is 0.335. The quantitative estimate of drug-likeness (QED) is 0.835. The Morgan fingerprint density at radius 3 is 2.85 bits per heavy atom. The van der Waals surface area contributed by atoms with E-state index in [1.54, 1.807) is 0 Å². The summed E-state index contributed by atoms with van der Waals surface area (Å²) in [4.78, 5) is 18.7. The van der Waals surface area contributed by atoms with Crippen LogP contribution >= 0.6 is 0 Å². The molecular formula is C14H16FN3O2. The van der Waals surface area contributed by atoms with Crippen LogP contribution in [0.2, 0.25) is 0 Å². The number of hydrogen-bond donors (Lipinski definition) is 0. The van der Waals surface area contributed by atoms with Gasteiger partial charge in [-0.1, -0.05) is 0 Å². The lowest BCUT2D eigenvalue weighted by molar-refractivity contribution is 0.0362. The molecule has 1 aromatic carbocycles. The summed E-state index contributed by atoms with van der Waals surface area (Å²) in [7, 11) is 0. The molecule has 2 heterocycles. The monoisotopic (exact) mass is 277 g/mol. The molecular weight excluding hydrogens is 261 g/mol. The van der Waals surface area contributed by atoms with E-state index >= 15 is 0 Å². The van der Waals surface area contributed by atoms with E-state index < -0.39 is 5.82 Å². The third kappa shape index (κ3) is 2.71. The van der Waals surface area contributed by atoms with Crippen LogP contribution in [0.3, 0.4) is 0 Å². The van der Waals surface area contributed by atoms with Crippen molar-refractivity contribution in [2.45, 2.75) is 6.54 Å². The third-order valence-corrected chi connectivity index (χ3v) is 3.55. The van der Waals surface area contributed by atoms with E-state index in [0.29, 0.717) is 17.4 Å². The molecule has 0 saturated carbocycles. The number of nitrogens with zero attached hydrogens (tertiary/aromatic N) is 3. The van der Waals surface area contributed by atoms with Gasteiger partial charge in [-0.25, -0.2) is 9.37 Å². The van der Waals surface area contributed by atoms with Crippen LogP contribution in [0.1, 0.15) is 0 Å². The lowest BCUT2D eigenvalue weighted by atomic mass is 10.2. The van der Waals surface area contributed by atoms with Crippen LogP contribution in [0.5, 0.6) is 0 Å². The molecule has 6 heteroatoms. The van der Waals surface area contributed by atoms with E-state index in [-0.39, 0.29) is 5.56 Å². The summed E-state index contributed by atoms with van der Waals surface area (Å²) < 4.78 is 20.0. The van der Waals surface area contributed by atoms with E-state index in [4.69, 9.17) is 4.74 Å². The number of morpholine rings is 1. The molecule has 0 spiro atoms. The molecule has 1 aromatic heterocycles. The summed E-state index contributed by atoms with van der Waals surface area (Å²) in [6.07, 6.45) is 1.53. The first-order valence-corrected chi connectivity index (χ1v) is 6.69. The van der Waals surface area contributed by atoms with Crippen molar-refractivity contribution < 1.29 is 9.13 Å². The van der Waals surface area contributed by atoms with Gasteiger partial charge in [0.2, 0.25) is 0 Å². The minimum Gasteiger partial charge on any atom is -0.379 e. The van der Waals surface area contributed by atoms with Gasteiger partial charge in [-0.15, -0.1) is 0 Å². The maximum Gasteiger partial charge on any atom is 0.261 e. The zero-order chi connectivity index (χ0) is 13.9. The van der Waals surface area contributed by atoms with Crippen molar-refractivity contribution in [3.05, 3.63) is 40.7 Å². The summed E-state index contributed by atoms with van der Waals surface area (Å²) in [6, 6.07) is 4.08. The molecule has 2 aromatic rings. The predicted octanol–water partition coefficient (Wildman–Crippen LogP) is 0.868. The van der Waals surface area contributed by atoms with Gasteiger partial charge in [0.25, 0.3) is 5.56 Å². The van der Waals surface area contributed by atoms with Crippen LogP contribution in [0.15, 0.2) is 29.3 Å². The van der Waals surface area contributed by atoms with Crippen molar-refractivity contribution in [3.63, 3.8) is 0 Å². The van der Waals surface area contributed by atoms with Crippen molar-refractivity contribution in [1.29, 1.82) is 0 Å². The molecule has 0 unspecified atom stereocenters. The van der Waals surface area contributed by atoms with Crippen LogP contribution in [-0.4, -0.2) is 47.3 Å². The first kappa shape index (κ1) is 13.2. The van der Waals surface area contributed by atoms with Crippen LogP contribution in [0.4, 0.5) is 4.39 Å². The fraction of sp³-hybridized carbons (Fsp3) is 0.429. The van der Waals surface area contributed by atoms with Crippen molar-refractivity contribution in [3.8, 4) is 0 Å². The smallest absolute Gasteiger partial charge is 0.261 e. The normalized spacial score (nSPS) is 16.6. The zero-order valence-corrected chi connectivity index (χ0v) is 11.1. The highest BCUT2D eigenvalue weighted by Crippen LogP contribution is 2.08. The second-order valence-electron chi connectivity index (χ2n) is 4.86. The average Bonchev–Trinajstić information content (AvgIpc) is 2.48. The summed E-state index contributed by atoms with van der Waals surface area (Å²) in [6.45, 7) is 4.55. The molecule has 5 nitrogen and oxygen atoms in total. The van der Waals surface area contributed by atoms with Crippen LogP contribution in [-0.2, 0) is 11.3 Å². The van der Waals surface area contributed by atoms with Gasteiger partial charge in [-0.3, -0.25) is 14.3 Å². The fourth-order valence-corrected chi connectivity index (χ4v) is 2.36. The SMILES string of the molecule is O=c1c2cc(F)ccc2ncn1CCN1CCOCC1. The van der Waals surface area contributed by atoms with E-state index in [1.807, 2.05) is 0 Å². The van der Waals surface area contributed by atoms with Gasteiger partial charge >= 0.3 is 0 Å². The number of rotatable bonds is 3. The first-order valence-electron chi connectivity index (χ1n) is 6.69.